The third-order valence-corrected chi connectivity index (χ3v) is 4.53. The molecule has 2 aliphatic rings. The van der Waals surface area contributed by atoms with Crippen LogP contribution in [0, 0.1) is 17.6 Å². The summed E-state index contributed by atoms with van der Waals surface area (Å²) in [6, 6.07) is 4.47. The predicted molar refractivity (Wildman–Crippen MR) is 76.9 cm³/mol. The lowest BCUT2D eigenvalue weighted by Crippen LogP contribution is -2.50. The second kappa shape index (κ2) is 6.81. The van der Waals surface area contributed by atoms with E-state index in [9.17, 15) is 8.78 Å². The van der Waals surface area contributed by atoms with Crippen LogP contribution in [-0.2, 0) is 11.3 Å². The van der Waals surface area contributed by atoms with Gasteiger partial charge in [-0.25, -0.2) is 8.78 Å². The van der Waals surface area contributed by atoms with Crippen molar-refractivity contribution >= 4 is 0 Å². The van der Waals surface area contributed by atoms with Gasteiger partial charge in [-0.3, -0.25) is 0 Å². The fraction of sp³-hybridized carbons (Fsp3) is 0.625. The Labute approximate surface area is 124 Å². The number of morpholine rings is 1. The van der Waals surface area contributed by atoms with Crippen LogP contribution in [0.1, 0.15) is 24.8 Å². The van der Waals surface area contributed by atoms with E-state index in [1.165, 1.54) is 25.0 Å². The van der Waals surface area contributed by atoms with Crippen LogP contribution >= 0.6 is 0 Å². The van der Waals surface area contributed by atoms with Gasteiger partial charge in [0.2, 0.25) is 0 Å². The monoisotopic (exact) mass is 296 g/mol. The molecule has 0 aromatic heterocycles. The number of nitrogens with one attached hydrogen (secondary N) is 2. The molecule has 5 heteroatoms. The highest BCUT2D eigenvalue weighted by Gasteiger charge is 2.34. The van der Waals surface area contributed by atoms with Crippen molar-refractivity contribution in [2.75, 3.05) is 19.8 Å². The summed E-state index contributed by atoms with van der Waals surface area (Å²) in [6.45, 7) is 2.95. The van der Waals surface area contributed by atoms with Crippen molar-refractivity contribution in [3.63, 3.8) is 0 Å². The first-order chi connectivity index (χ1) is 10.2. The molecular weight excluding hydrogens is 274 g/mol. The molecule has 1 aromatic rings. The molecule has 1 aliphatic heterocycles. The van der Waals surface area contributed by atoms with E-state index in [0.717, 1.165) is 32.2 Å². The average Bonchev–Trinajstić information content (AvgIpc) is 2.93. The lowest BCUT2D eigenvalue weighted by Gasteiger charge is -2.33. The van der Waals surface area contributed by atoms with Crippen LogP contribution in [0.3, 0.4) is 0 Å². The van der Waals surface area contributed by atoms with Crippen molar-refractivity contribution in [1.82, 2.24) is 10.6 Å². The van der Waals surface area contributed by atoms with Gasteiger partial charge in [-0.15, -0.1) is 0 Å². The maximum atomic E-state index is 13.2. The summed E-state index contributed by atoms with van der Waals surface area (Å²) in [6.07, 6.45) is 3.48. The summed E-state index contributed by atoms with van der Waals surface area (Å²) in [4.78, 5) is 0. The van der Waals surface area contributed by atoms with E-state index >= 15 is 0 Å². The molecule has 1 heterocycles. The van der Waals surface area contributed by atoms with Crippen LogP contribution in [0.5, 0.6) is 0 Å². The number of hydrogen-bond donors (Lipinski definition) is 2. The average molecular weight is 296 g/mol. The molecule has 21 heavy (non-hydrogen) atoms. The van der Waals surface area contributed by atoms with Crippen LogP contribution in [0.2, 0.25) is 0 Å². The SMILES string of the molecule is Fc1cc(F)cc(CNC2CCCC2C2COCCN2)c1. The molecule has 3 nitrogen and oxygen atoms in total. The highest BCUT2D eigenvalue weighted by atomic mass is 19.1. The second-order valence-electron chi connectivity index (χ2n) is 6.00. The molecule has 3 unspecified atom stereocenters. The Morgan fingerprint density at radius 3 is 2.71 bits per heavy atom. The van der Waals surface area contributed by atoms with Gasteiger partial charge in [0.15, 0.2) is 0 Å². The van der Waals surface area contributed by atoms with Crippen molar-refractivity contribution in [1.29, 1.82) is 0 Å². The van der Waals surface area contributed by atoms with Crippen LogP contribution in [0.15, 0.2) is 18.2 Å². The van der Waals surface area contributed by atoms with E-state index in [1.54, 1.807) is 0 Å². The van der Waals surface area contributed by atoms with Gasteiger partial charge in [0.25, 0.3) is 0 Å². The van der Waals surface area contributed by atoms with Crippen molar-refractivity contribution in [2.24, 2.45) is 5.92 Å². The zero-order valence-corrected chi connectivity index (χ0v) is 12.1. The third kappa shape index (κ3) is 3.78. The molecule has 2 N–H and O–H groups in total. The maximum absolute atomic E-state index is 13.2. The summed E-state index contributed by atoms with van der Waals surface area (Å²) in [7, 11) is 0. The number of rotatable bonds is 4. The first-order valence-corrected chi connectivity index (χ1v) is 7.72. The van der Waals surface area contributed by atoms with Gasteiger partial charge in [-0.2, -0.15) is 0 Å². The molecule has 1 aromatic carbocycles. The topological polar surface area (TPSA) is 33.3 Å². The summed E-state index contributed by atoms with van der Waals surface area (Å²) in [5, 5.41) is 6.99. The summed E-state index contributed by atoms with van der Waals surface area (Å²) >= 11 is 0. The Balaban J connectivity index is 1.58. The molecule has 1 aliphatic carbocycles. The van der Waals surface area contributed by atoms with E-state index in [4.69, 9.17) is 4.74 Å². The van der Waals surface area contributed by atoms with Gasteiger partial charge in [-0.1, -0.05) is 6.42 Å². The van der Waals surface area contributed by atoms with E-state index in [2.05, 4.69) is 10.6 Å². The van der Waals surface area contributed by atoms with Gasteiger partial charge in [0, 0.05) is 31.2 Å². The standard InChI is InChI=1S/C16H22F2N2O/c17-12-6-11(7-13(18)8-12)9-20-15-3-1-2-14(15)16-10-21-5-4-19-16/h6-8,14-16,19-20H,1-5,9-10H2. The van der Waals surface area contributed by atoms with E-state index < -0.39 is 11.6 Å². The second-order valence-corrected chi connectivity index (χ2v) is 6.00. The van der Waals surface area contributed by atoms with Crippen molar-refractivity contribution < 1.29 is 13.5 Å². The van der Waals surface area contributed by atoms with Gasteiger partial charge < -0.3 is 15.4 Å². The lowest BCUT2D eigenvalue weighted by molar-refractivity contribution is 0.0524. The first-order valence-electron chi connectivity index (χ1n) is 7.72. The number of halogens is 2. The molecule has 0 radical (unpaired) electrons. The molecule has 3 rings (SSSR count). The first kappa shape index (κ1) is 14.9. The minimum absolute atomic E-state index is 0.385. The molecule has 1 saturated heterocycles. The highest BCUT2D eigenvalue weighted by molar-refractivity contribution is 5.17. The Morgan fingerprint density at radius 2 is 2.00 bits per heavy atom. The van der Waals surface area contributed by atoms with Gasteiger partial charge in [0.1, 0.15) is 11.6 Å². The minimum atomic E-state index is -0.517. The normalized spacial score (nSPS) is 29.7. The summed E-state index contributed by atoms with van der Waals surface area (Å²) < 4.78 is 32.0. The van der Waals surface area contributed by atoms with E-state index in [1.807, 2.05) is 0 Å². The predicted octanol–water partition coefficient (Wildman–Crippen LogP) is 2.21. The van der Waals surface area contributed by atoms with E-state index in [-0.39, 0.29) is 0 Å². The Bertz CT molecular complexity index is 457. The number of ether oxygens (including phenoxy) is 1. The molecule has 1 saturated carbocycles. The zero-order valence-electron chi connectivity index (χ0n) is 12.1. The lowest BCUT2D eigenvalue weighted by atomic mass is 9.94. The largest absolute Gasteiger partial charge is 0.379 e. The molecular formula is C16H22F2N2O. The van der Waals surface area contributed by atoms with E-state index in [0.29, 0.717) is 30.1 Å². The minimum Gasteiger partial charge on any atom is -0.379 e. The van der Waals surface area contributed by atoms with Gasteiger partial charge >= 0.3 is 0 Å². The van der Waals surface area contributed by atoms with Crippen LogP contribution in [-0.4, -0.2) is 31.8 Å². The molecule has 2 fully saturated rings. The molecule has 0 amide bonds. The molecule has 3 atom stereocenters. The fourth-order valence-electron chi connectivity index (χ4n) is 3.55. The van der Waals surface area contributed by atoms with Crippen molar-refractivity contribution in [2.45, 2.75) is 37.9 Å². The Morgan fingerprint density at radius 1 is 1.19 bits per heavy atom. The third-order valence-electron chi connectivity index (χ3n) is 4.53. The zero-order chi connectivity index (χ0) is 14.7. The van der Waals surface area contributed by atoms with Crippen LogP contribution < -0.4 is 10.6 Å². The van der Waals surface area contributed by atoms with Gasteiger partial charge in [-0.05, 0) is 36.5 Å². The summed E-state index contributed by atoms with van der Waals surface area (Å²) in [5.74, 6) is -0.502. The van der Waals surface area contributed by atoms with Crippen molar-refractivity contribution in [3.8, 4) is 0 Å². The number of hydrogen-bond acceptors (Lipinski definition) is 3. The van der Waals surface area contributed by atoms with Crippen molar-refractivity contribution in [3.05, 3.63) is 35.4 Å². The van der Waals surface area contributed by atoms with Crippen LogP contribution in [0.25, 0.3) is 0 Å². The Hall–Kier alpha value is -1.04. The molecule has 116 valence electrons. The Kier molecular flexibility index (Phi) is 4.83. The molecule has 0 spiro atoms. The fourth-order valence-corrected chi connectivity index (χ4v) is 3.55. The summed E-state index contributed by atoms with van der Waals surface area (Å²) in [5.41, 5.74) is 0.658. The highest BCUT2D eigenvalue weighted by Crippen LogP contribution is 2.29. The molecule has 0 bridgehead atoms. The van der Waals surface area contributed by atoms with Crippen LogP contribution in [0.4, 0.5) is 8.78 Å². The van der Waals surface area contributed by atoms with Gasteiger partial charge in [0.05, 0.1) is 13.2 Å². The smallest absolute Gasteiger partial charge is 0.126 e. The number of benzene rings is 1. The maximum Gasteiger partial charge on any atom is 0.126 e. The quantitative estimate of drug-likeness (QED) is 0.894.